The number of hydrogen-bond donors (Lipinski definition) is 0. The summed E-state index contributed by atoms with van der Waals surface area (Å²) in [5.41, 5.74) is 0. The molecular formula is C5H9BO2. The molecule has 0 bridgehead atoms. The molecule has 0 aromatic carbocycles. The first-order valence-corrected chi connectivity index (χ1v) is 3.20. The van der Waals surface area contributed by atoms with Gasteiger partial charge in [-0.2, -0.15) is 0 Å². The van der Waals surface area contributed by atoms with E-state index in [4.69, 9.17) is 9.31 Å². The lowest BCUT2D eigenvalue weighted by molar-refractivity contribution is 0.187. The Kier molecular flexibility index (Phi) is 1.05. The van der Waals surface area contributed by atoms with Gasteiger partial charge in [0.2, 0.25) is 0 Å². The molecule has 8 heavy (non-hydrogen) atoms. The maximum Gasteiger partial charge on any atom is 0.438 e. The third-order valence-corrected chi connectivity index (χ3v) is 1.96. The number of rotatable bonds is 0. The summed E-state index contributed by atoms with van der Waals surface area (Å²) in [7, 11) is 0.537. The molecule has 2 aliphatic rings. The fourth-order valence-electron chi connectivity index (χ4n) is 1.49. The highest BCUT2D eigenvalue weighted by Gasteiger charge is 2.33. The smallest absolute Gasteiger partial charge is 0.409 e. The van der Waals surface area contributed by atoms with Gasteiger partial charge in [-0.15, -0.1) is 0 Å². The third kappa shape index (κ3) is 0.582. The summed E-state index contributed by atoms with van der Waals surface area (Å²) in [5.74, 6) is 0. The minimum Gasteiger partial charge on any atom is -0.409 e. The van der Waals surface area contributed by atoms with Gasteiger partial charge in [-0.25, -0.2) is 0 Å². The lowest BCUT2D eigenvalue weighted by Gasteiger charge is -2.04. The fraction of sp³-hybridized carbons (Fsp3) is 1.00. The summed E-state index contributed by atoms with van der Waals surface area (Å²) in [6.45, 7) is 0. The summed E-state index contributed by atoms with van der Waals surface area (Å²) < 4.78 is 10.5. The van der Waals surface area contributed by atoms with Crippen LogP contribution in [0.5, 0.6) is 0 Å². The Morgan fingerprint density at radius 1 is 1.12 bits per heavy atom. The predicted molar refractivity (Wildman–Crippen MR) is 30.7 cm³/mol. The lowest BCUT2D eigenvalue weighted by atomic mass is 10.3. The Morgan fingerprint density at radius 2 is 1.75 bits per heavy atom. The molecule has 2 fully saturated rings. The van der Waals surface area contributed by atoms with E-state index in [1.165, 1.54) is 19.3 Å². The van der Waals surface area contributed by atoms with Gasteiger partial charge >= 0.3 is 7.69 Å². The molecule has 3 heteroatoms. The first-order valence-electron chi connectivity index (χ1n) is 3.20. The molecular weight excluding hydrogens is 103 g/mol. The molecule has 2 rings (SSSR count). The molecule has 0 aromatic heterocycles. The quantitative estimate of drug-likeness (QED) is 0.417. The zero-order chi connectivity index (χ0) is 5.40. The van der Waals surface area contributed by atoms with Gasteiger partial charge in [-0.1, -0.05) is 0 Å². The van der Waals surface area contributed by atoms with Crippen LogP contribution in [0, 0.1) is 0 Å². The first-order chi connectivity index (χ1) is 3.97. The van der Waals surface area contributed by atoms with Crippen LogP contribution in [0.15, 0.2) is 0 Å². The second kappa shape index (κ2) is 1.74. The minimum absolute atomic E-state index is 0.454. The van der Waals surface area contributed by atoms with Gasteiger partial charge in [0.1, 0.15) is 0 Å². The standard InChI is InChI=1S/C5H9BO2/c1-2-4-5(3-1)8-6-7-4/h4-6H,1-3H2. The Bertz CT molecular complexity index is 76.4. The van der Waals surface area contributed by atoms with Crippen LogP contribution < -0.4 is 0 Å². The second-order valence-corrected chi connectivity index (χ2v) is 2.46. The Labute approximate surface area is 49.5 Å². The maximum atomic E-state index is 5.25. The van der Waals surface area contributed by atoms with Crippen LogP contribution in [0.1, 0.15) is 19.3 Å². The van der Waals surface area contributed by atoms with Crippen molar-refractivity contribution in [3.63, 3.8) is 0 Å². The van der Waals surface area contributed by atoms with Gasteiger partial charge < -0.3 is 9.31 Å². The average Bonchev–Trinajstić information content (AvgIpc) is 2.15. The summed E-state index contributed by atoms with van der Waals surface area (Å²) >= 11 is 0. The molecule has 44 valence electrons. The molecule has 1 aliphatic carbocycles. The van der Waals surface area contributed by atoms with E-state index in [-0.39, 0.29) is 0 Å². The number of hydrogen-bond acceptors (Lipinski definition) is 2. The monoisotopic (exact) mass is 112 g/mol. The van der Waals surface area contributed by atoms with Crippen molar-refractivity contribution in [1.82, 2.24) is 0 Å². The summed E-state index contributed by atoms with van der Waals surface area (Å²) in [6, 6.07) is 0. The number of fused-ring (bicyclic) bond motifs is 1. The van der Waals surface area contributed by atoms with Crippen molar-refractivity contribution < 1.29 is 9.31 Å². The predicted octanol–water partition coefficient (Wildman–Crippen LogP) is 0.221. The van der Waals surface area contributed by atoms with E-state index in [0.29, 0.717) is 19.9 Å². The van der Waals surface area contributed by atoms with E-state index in [1.807, 2.05) is 0 Å². The summed E-state index contributed by atoms with van der Waals surface area (Å²) in [4.78, 5) is 0. The molecule has 0 radical (unpaired) electrons. The van der Waals surface area contributed by atoms with Crippen molar-refractivity contribution in [1.29, 1.82) is 0 Å². The second-order valence-electron chi connectivity index (χ2n) is 2.46. The molecule has 0 aromatic rings. The van der Waals surface area contributed by atoms with E-state index in [2.05, 4.69) is 0 Å². The van der Waals surface area contributed by atoms with Crippen LogP contribution in [0.3, 0.4) is 0 Å². The van der Waals surface area contributed by atoms with Crippen LogP contribution in [-0.2, 0) is 9.31 Å². The van der Waals surface area contributed by atoms with E-state index < -0.39 is 0 Å². The van der Waals surface area contributed by atoms with Crippen LogP contribution in [0.2, 0.25) is 0 Å². The van der Waals surface area contributed by atoms with Gasteiger partial charge in [-0.3, -0.25) is 0 Å². The van der Waals surface area contributed by atoms with Crippen molar-refractivity contribution in [2.24, 2.45) is 0 Å². The summed E-state index contributed by atoms with van der Waals surface area (Å²) in [6.07, 6.45) is 4.62. The molecule has 1 aliphatic heterocycles. The molecule has 0 N–H and O–H groups in total. The Balaban J connectivity index is 2.04. The summed E-state index contributed by atoms with van der Waals surface area (Å²) in [5, 5.41) is 0. The van der Waals surface area contributed by atoms with Gasteiger partial charge in [0.05, 0.1) is 12.2 Å². The van der Waals surface area contributed by atoms with E-state index >= 15 is 0 Å². The van der Waals surface area contributed by atoms with Crippen molar-refractivity contribution in [2.75, 3.05) is 0 Å². The Morgan fingerprint density at radius 3 is 2.38 bits per heavy atom. The van der Waals surface area contributed by atoms with Crippen molar-refractivity contribution in [3.05, 3.63) is 0 Å². The highest BCUT2D eigenvalue weighted by atomic mass is 16.6. The molecule has 1 saturated heterocycles. The molecule has 2 nitrogen and oxygen atoms in total. The van der Waals surface area contributed by atoms with Crippen molar-refractivity contribution >= 4 is 7.69 Å². The van der Waals surface area contributed by atoms with Crippen molar-refractivity contribution in [3.8, 4) is 0 Å². The van der Waals surface area contributed by atoms with E-state index in [0.717, 1.165) is 0 Å². The lowest BCUT2D eigenvalue weighted by Crippen LogP contribution is -2.13. The molecule has 0 spiro atoms. The Hall–Kier alpha value is -0.0151. The first kappa shape index (κ1) is 4.83. The van der Waals surface area contributed by atoms with Crippen LogP contribution in [0.25, 0.3) is 0 Å². The van der Waals surface area contributed by atoms with Gasteiger partial charge in [-0.05, 0) is 19.3 Å². The largest absolute Gasteiger partial charge is 0.438 e. The highest BCUT2D eigenvalue weighted by Crippen LogP contribution is 2.27. The van der Waals surface area contributed by atoms with Crippen LogP contribution in [0.4, 0.5) is 0 Å². The van der Waals surface area contributed by atoms with Gasteiger partial charge in [0.25, 0.3) is 0 Å². The minimum atomic E-state index is 0.454. The SMILES string of the molecule is B1OC2CCCC2O1. The van der Waals surface area contributed by atoms with Gasteiger partial charge in [0.15, 0.2) is 0 Å². The fourth-order valence-corrected chi connectivity index (χ4v) is 1.49. The average molecular weight is 112 g/mol. The van der Waals surface area contributed by atoms with Crippen molar-refractivity contribution in [2.45, 2.75) is 31.5 Å². The topological polar surface area (TPSA) is 18.5 Å². The van der Waals surface area contributed by atoms with Crippen LogP contribution >= 0.6 is 0 Å². The van der Waals surface area contributed by atoms with E-state index in [9.17, 15) is 0 Å². The van der Waals surface area contributed by atoms with Crippen LogP contribution in [-0.4, -0.2) is 19.9 Å². The zero-order valence-corrected chi connectivity index (χ0v) is 4.80. The maximum absolute atomic E-state index is 5.25. The van der Waals surface area contributed by atoms with Gasteiger partial charge in [0, 0.05) is 0 Å². The highest BCUT2D eigenvalue weighted by molar-refractivity contribution is 6.19. The van der Waals surface area contributed by atoms with E-state index in [1.54, 1.807) is 0 Å². The molecule has 0 amide bonds. The zero-order valence-electron chi connectivity index (χ0n) is 4.80. The third-order valence-electron chi connectivity index (χ3n) is 1.96. The molecule has 1 heterocycles. The normalized spacial score (nSPS) is 44.0. The molecule has 2 unspecified atom stereocenters. The molecule has 1 saturated carbocycles. The molecule has 2 atom stereocenters.